The largest absolute Gasteiger partial charge is 0.289 e. The van der Waals surface area contributed by atoms with E-state index in [-0.39, 0.29) is 0 Å². The van der Waals surface area contributed by atoms with Crippen molar-refractivity contribution in [3.63, 3.8) is 0 Å². The second-order valence-corrected chi connectivity index (χ2v) is 4.03. The summed E-state index contributed by atoms with van der Waals surface area (Å²) in [6, 6.07) is 4.13. The number of hydrogen-bond acceptors (Lipinski definition) is 3. The molecule has 0 saturated carbocycles. The molecule has 1 aromatic rings. The average Bonchev–Trinajstić information content (AvgIpc) is 2.59. The first-order valence-electron chi connectivity index (χ1n) is 4.14. The summed E-state index contributed by atoms with van der Waals surface area (Å²) in [6.07, 6.45) is 3.77. The Labute approximate surface area is 77.0 Å². The summed E-state index contributed by atoms with van der Waals surface area (Å²) < 4.78 is 0. The fourth-order valence-corrected chi connectivity index (χ4v) is 2.32. The van der Waals surface area contributed by atoms with Crippen molar-refractivity contribution in [2.24, 2.45) is 0 Å². The van der Waals surface area contributed by atoms with Gasteiger partial charge in [0.2, 0.25) is 0 Å². The van der Waals surface area contributed by atoms with Gasteiger partial charge in [0.05, 0.1) is 0 Å². The van der Waals surface area contributed by atoms with E-state index in [2.05, 4.69) is 16.0 Å². The van der Waals surface area contributed by atoms with Crippen LogP contribution in [-0.4, -0.2) is 28.1 Å². The first-order chi connectivity index (χ1) is 5.95. The minimum absolute atomic E-state index is 1.06. The minimum atomic E-state index is 1.06. The molecule has 12 heavy (non-hydrogen) atoms. The van der Waals surface area contributed by atoms with E-state index >= 15 is 0 Å². The van der Waals surface area contributed by atoms with Crippen molar-refractivity contribution >= 4 is 11.8 Å². The Kier molecular flexibility index (Phi) is 2.64. The second kappa shape index (κ2) is 3.92. The lowest BCUT2D eigenvalue weighted by Gasteiger charge is -2.12. The van der Waals surface area contributed by atoms with Gasteiger partial charge in [-0.25, -0.2) is 0 Å². The summed E-state index contributed by atoms with van der Waals surface area (Å²) in [6.45, 7) is 2.28. The molecule has 3 heteroatoms. The van der Waals surface area contributed by atoms with Crippen molar-refractivity contribution in [2.75, 3.05) is 18.2 Å². The van der Waals surface area contributed by atoms with Crippen molar-refractivity contribution in [1.82, 2.24) is 9.88 Å². The summed E-state index contributed by atoms with van der Waals surface area (Å²) in [7, 11) is 0. The van der Waals surface area contributed by atoms with Crippen LogP contribution in [0, 0.1) is 0 Å². The highest BCUT2D eigenvalue weighted by Gasteiger charge is 2.11. The third-order valence-corrected chi connectivity index (χ3v) is 2.97. The topological polar surface area (TPSA) is 16.1 Å². The van der Waals surface area contributed by atoms with E-state index < -0.39 is 0 Å². The Hall–Kier alpha value is -0.540. The Morgan fingerprint density at radius 1 is 1.58 bits per heavy atom. The van der Waals surface area contributed by atoms with Gasteiger partial charge in [0.1, 0.15) is 0 Å². The van der Waals surface area contributed by atoms with Gasteiger partial charge in [0.25, 0.3) is 0 Å². The van der Waals surface area contributed by atoms with Crippen LogP contribution in [0.5, 0.6) is 0 Å². The summed E-state index contributed by atoms with van der Waals surface area (Å²) in [5, 5.41) is 0. The Morgan fingerprint density at radius 3 is 3.25 bits per heavy atom. The van der Waals surface area contributed by atoms with Gasteiger partial charge in [-0.3, -0.25) is 9.88 Å². The van der Waals surface area contributed by atoms with Crippen molar-refractivity contribution < 1.29 is 0 Å². The van der Waals surface area contributed by atoms with Gasteiger partial charge in [-0.1, -0.05) is 6.07 Å². The molecule has 0 atom stereocenters. The van der Waals surface area contributed by atoms with Crippen molar-refractivity contribution in [3.8, 4) is 0 Å². The SMILES string of the molecule is c1cncc(CN2CCSC2)c1. The van der Waals surface area contributed by atoms with E-state index in [1.54, 1.807) is 0 Å². The number of rotatable bonds is 2. The second-order valence-electron chi connectivity index (χ2n) is 2.95. The molecule has 2 heterocycles. The van der Waals surface area contributed by atoms with Crippen LogP contribution in [0.25, 0.3) is 0 Å². The van der Waals surface area contributed by atoms with Gasteiger partial charge in [-0.2, -0.15) is 0 Å². The minimum Gasteiger partial charge on any atom is -0.289 e. The summed E-state index contributed by atoms with van der Waals surface area (Å²) in [5.41, 5.74) is 1.32. The highest BCUT2D eigenvalue weighted by atomic mass is 32.2. The van der Waals surface area contributed by atoms with Crippen molar-refractivity contribution in [3.05, 3.63) is 30.1 Å². The predicted molar refractivity (Wildman–Crippen MR) is 52.0 cm³/mol. The quantitative estimate of drug-likeness (QED) is 0.687. The number of hydrogen-bond donors (Lipinski definition) is 0. The normalized spacial score (nSPS) is 18.3. The molecular formula is C9H12N2S. The third-order valence-electron chi connectivity index (χ3n) is 1.95. The van der Waals surface area contributed by atoms with E-state index in [9.17, 15) is 0 Å². The molecule has 64 valence electrons. The van der Waals surface area contributed by atoms with Gasteiger partial charge >= 0.3 is 0 Å². The first kappa shape index (κ1) is 8.08. The van der Waals surface area contributed by atoms with Crippen LogP contribution < -0.4 is 0 Å². The van der Waals surface area contributed by atoms with Gasteiger partial charge in [0.15, 0.2) is 0 Å². The molecule has 1 saturated heterocycles. The molecule has 1 fully saturated rings. The zero-order valence-corrected chi connectivity index (χ0v) is 7.76. The first-order valence-corrected chi connectivity index (χ1v) is 5.29. The zero-order valence-electron chi connectivity index (χ0n) is 6.94. The lowest BCUT2D eigenvalue weighted by atomic mass is 10.3. The highest BCUT2D eigenvalue weighted by molar-refractivity contribution is 7.99. The molecule has 1 aromatic heterocycles. The number of pyridine rings is 1. The summed E-state index contributed by atoms with van der Waals surface area (Å²) in [5.74, 6) is 2.45. The van der Waals surface area contributed by atoms with Crippen LogP contribution in [0.4, 0.5) is 0 Å². The fourth-order valence-electron chi connectivity index (χ4n) is 1.33. The lowest BCUT2D eigenvalue weighted by Crippen LogP contribution is -2.18. The molecular weight excluding hydrogens is 168 g/mol. The molecule has 1 aliphatic rings. The summed E-state index contributed by atoms with van der Waals surface area (Å²) in [4.78, 5) is 6.54. The van der Waals surface area contributed by atoms with Crippen molar-refractivity contribution in [2.45, 2.75) is 6.54 Å². The average molecular weight is 180 g/mol. The van der Waals surface area contributed by atoms with E-state index in [1.165, 1.54) is 23.7 Å². The predicted octanol–water partition coefficient (Wildman–Crippen LogP) is 1.59. The number of thioether (sulfide) groups is 1. The number of aromatic nitrogens is 1. The van der Waals surface area contributed by atoms with Crippen LogP contribution >= 0.6 is 11.8 Å². The fraction of sp³-hybridized carbons (Fsp3) is 0.444. The van der Waals surface area contributed by atoms with Crippen LogP contribution in [0.3, 0.4) is 0 Å². The van der Waals surface area contributed by atoms with Crippen LogP contribution in [0.15, 0.2) is 24.5 Å². The lowest BCUT2D eigenvalue weighted by molar-refractivity contribution is 0.348. The Bertz CT molecular complexity index is 232. The molecule has 0 spiro atoms. The monoisotopic (exact) mass is 180 g/mol. The number of nitrogens with zero attached hydrogens (tertiary/aromatic N) is 2. The van der Waals surface area contributed by atoms with E-state index in [1.807, 2.05) is 30.2 Å². The van der Waals surface area contributed by atoms with Gasteiger partial charge < -0.3 is 0 Å². The molecule has 0 radical (unpaired) electrons. The highest BCUT2D eigenvalue weighted by Crippen LogP contribution is 2.15. The smallest absolute Gasteiger partial charge is 0.0448 e. The standard InChI is InChI=1S/C9H12N2S/c1-2-9(6-10-3-1)7-11-4-5-12-8-11/h1-3,6H,4-5,7-8H2. The maximum Gasteiger partial charge on any atom is 0.0448 e. The van der Waals surface area contributed by atoms with Gasteiger partial charge in [0, 0.05) is 37.1 Å². The zero-order chi connectivity index (χ0) is 8.23. The molecule has 2 nitrogen and oxygen atoms in total. The Morgan fingerprint density at radius 2 is 2.58 bits per heavy atom. The molecule has 0 N–H and O–H groups in total. The summed E-state index contributed by atoms with van der Waals surface area (Å²) >= 11 is 2.01. The maximum atomic E-state index is 4.09. The molecule has 0 amide bonds. The molecule has 2 rings (SSSR count). The van der Waals surface area contributed by atoms with Crippen LogP contribution in [-0.2, 0) is 6.54 Å². The molecule has 0 aromatic carbocycles. The van der Waals surface area contributed by atoms with Crippen molar-refractivity contribution in [1.29, 1.82) is 0 Å². The maximum absolute atomic E-state index is 4.09. The van der Waals surface area contributed by atoms with Crippen LogP contribution in [0.1, 0.15) is 5.56 Å². The third kappa shape index (κ3) is 1.99. The van der Waals surface area contributed by atoms with Crippen LogP contribution in [0.2, 0.25) is 0 Å². The van der Waals surface area contributed by atoms with E-state index in [0.717, 1.165) is 6.54 Å². The molecule has 0 unspecified atom stereocenters. The van der Waals surface area contributed by atoms with Gasteiger partial charge in [-0.15, -0.1) is 11.8 Å². The van der Waals surface area contributed by atoms with E-state index in [4.69, 9.17) is 0 Å². The van der Waals surface area contributed by atoms with Gasteiger partial charge in [-0.05, 0) is 11.6 Å². The molecule has 0 aliphatic carbocycles. The molecule has 0 bridgehead atoms. The Balaban J connectivity index is 1.94. The molecule has 1 aliphatic heterocycles. The van der Waals surface area contributed by atoms with E-state index in [0.29, 0.717) is 0 Å².